The topological polar surface area (TPSA) is 82.1 Å². The van der Waals surface area contributed by atoms with E-state index in [2.05, 4.69) is 19.8 Å². The second kappa shape index (κ2) is 5.69. The van der Waals surface area contributed by atoms with Crippen LogP contribution in [-0.4, -0.2) is 42.0 Å². The fourth-order valence-electron chi connectivity index (χ4n) is 2.60. The lowest BCUT2D eigenvalue weighted by Crippen LogP contribution is -2.47. The monoisotopic (exact) mass is 302 g/mol. The highest BCUT2D eigenvalue weighted by Gasteiger charge is 2.22. The fraction of sp³-hybridized carbons (Fsp3) is 0.357. The number of rotatable bonds is 3. The summed E-state index contributed by atoms with van der Waals surface area (Å²) in [6.07, 6.45) is 3.62. The molecule has 0 unspecified atom stereocenters. The second-order valence-corrected chi connectivity index (χ2v) is 5.90. The summed E-state index contributed by atoms with van der Waals surface area (Å²) >= 11 is 1.66. The van der Waals surface area contributed by atoms with Crippen LogP contribution in [0.2, 0.25) is 0 Å². The van der Waals surface area contributed by atoms with Crippen molar-refractivity contribution < 1.29 is 0 Å². The molecule has 0 aliphatic carbocycles. The molecule has 3 rings (SSSR count). The normalized spacial score (nSPS) is 15.3. The molecule has 0 radical (unpaired) electrons. The average Bonchev–Trinajstić information content (AvgIpc) is 3.01. The summed E-state index contributed by atoms with van der Waals surface area (Å²) in [5, 5.41) is 10.8. The van der Waals surface area contributed by atoms with Gasteiger partial charge in [-0.25, -0.2) is 9.97 Å². The van der Waals surface area contributed by atoms with Gasteiger partial charge >= 0.3 is 0 Å². The van der Waals surface area contributed by atoms with E-state index in [1.807, 2.05) is 24.6 Å². The molecule has 2 aromatic rings. The molecule has 2 aromatic heterocycles. The third-order valence-electron chi connectivity index (χ3n) is 3.68. The maximum Gasteiger partial charge on any atom is 0.185 e. The summed E-state index contributed by atoms with van der Waals surface area (Å²) in [7, 11) is 0. The van der Waals surface area contributed by atoms with Crippen molar-refractivity contribution in [2.75, 3.05) is 36.0 Å². The Morgan fingerprint density at radius 3 is 2.52 bits per heavy atom. The predicted octanol–water partition coefficient (Wildman–Crippen LogP) is 1.46. The number of nitrogens with two attached hydrogens (primary N) is 1. The van der Waals surface area contributed by atoms with Gasteiger partial charge in [0.05, 0.1) is 5.56 Å². The van der Waals surface area contributed by atoms with Gasteiger partial charge in [-0.15, -0.1) is 11.3 Å². The van der Waals surface area contributed by atoms with Crippen molar-refractivity contribution >= 4 is 28.1 Å². The molecule has 1 aliphatic heterocycles. The SMILES string of the molecule is Cc1ccnc(N2CCN(c3nccs3)CC2)c1C(=N)N. The number of thiazole rings is 1. The Bertz CT molecular complexity index is 631. The third kappa shape index (κ3) is 2.69. The molecule has 0 saturated carbocycles. The largest absolute Gasteiger partial charge is 0.384 e. The van der Waals surface area contributed by atoms with Gasteiger partial charge < -0.3 is 15.5 Å². The molecule has 0 spiro atoms. The standard InChI is InChI=1S/C14H18N6S/c1-10-2-3-17-13(11(10)12(15)16)19-5-7-20(8-6-19)14-18-4-9-21-14/h2-4,9H,5-8H2,1H3,(H3,15,16). The molecule has 110 valence electrons. The molecule has 0 aromatic carbocycles. The Balaban J connectivity index is 1.78. The zero-order valence-electron chi connectivity index (χ0n) is 11.9. The quantitative estimate of drug-likeness (QED) is 0.662. The number of anilines is 2. The molecule has 3 N–H and O–H groups in total. The highest BCUT2D eigenvalue weighted by atomic mass is 32.1. The van der Waals surface area contributed by atoms with Crippen LogP contribution in [0.5, 0.6) is 0 Å². The van der Waals surface area contributed by atoms with Gasteiger partial charge in [-0.3, -0.25) is 5.41 Å². The lowest BCUT2D eigenvalue weighted by Gasteiger charge is -2.36. The Morgan fingerprint density at radius 2 is 1.90 bits per heavy atom. The van der Waals surface area contributed by atoms with E-state index in [-0.39, 0.29) is 5.84 Å². The maximum atomic E-state index is 7.78. The van der Waals surface area contributed by atoms with Crippen LogP contribution in [0.4, 0.5) is 10.9 Å². The van der Waals surface area contributed by atoms with Crippen molar-refractivity contribution in [2.24, 2.45) is 5.73 Å². The molecule has 1 fully saturated rings. The highest BCUT2D eigenvalue weighted by Crippen LogP contribution is 2.24. The minimum absolute atomic E-state index is 0.0814. The number of nitrogen functional groups attached to an aromatic ring is 1. The molecule has 1 aliphatic rings. The van der Waals surface area contributed by atoms with Gasteiger partial charge in [-0.1, -0.05) is 0 Å². The van der Waals surface area contributed by atoms with Crippen LogP contribution < -0.4 is 15.5 Å². The third-order valence-corrected chi connectivity index (χ3v) is 4.51. The first-order valence-electron chi connectivity index (χ1n) is 6.86. The number of pyridine rings is 1. The summed E-state index contributed by atoms with van der Waals surface area (Å²) in [4.78, 5) is 13.3. The first-order valence-corrected chi connectivity index (χ1v) is 7.74. The van der Waals surface area contributed by atoms with Gasteiger partial charge in [0, 0.05) is 44.0 Å². The van der Waals surface area contributed by atoms with E-state index in [9.17, 15) is 0 Å². The van der Waals surface area contributed by atoms with Crippen molar-refractivity contribution in [1.82, 2.24) is 9.97 Å². The molecule has 0 bridgehead atoms. The van der Waals surface area contributed by atoms with Crippen LogP contribution in [0.15, 0.2) is 23.8 Å². The minimum Gasteiger partial charge on any atom is -0.384 e. The van der Waals surface area contributed by atoms with Crippen molar-refractivity contribution in [3.63, 3.8) is 0 Å². The molecule has 3 heterocycles. The molecule has 1 saturated heterocycles. The molecule has 0 amide bonds. The molecular formula is C14H18N6S. The van der Waals surface area contributed by atoms with E-state index in [1.54, 1.807) is 17.5 Å². The van der Waals surface area contributed by atoms with Crippen molar-refractivity contribution in [3.05, 3.63) is 35.0 Å². The van der Waals surface area contributed by atoms with Crippen LogP contribution in [0.25, 0.3) is 0 Å². The lowest BCUT2D eigenvalue weighted by molar-refractivity contribution is 0.645. The highest BCUT2D eigenvalue weighted by molar-refractivity contribution is 7.13. The molecule has 21 heavy (non-hydrogen) atoms. The van der Waals surface area contributed by atoms with Gasteiger partial charge in [0.25, 0.3) is 0 Å². The number of amidine groups is 1. The maximum absolute atomic E-state index is 7.78. The zero-order valence-corrected chi connectivity index (χ0v) is 12.7. The first-order chi connectivity index (χ1) is 10.2. The van der Waals surface area contributed by atoms with Gasteiger partial charge in [-0.2, -0.15) is 0 Å². The average molecular weight is 302 g/mol. The molecule has 7 heteroatoms. The van der Waals surface area contributed by atoms with Crippen LogP contribution >= 0.6 is 11.3 Å². The summed E-state index contributed by atoms with van der Waals surface area (Å²) < 4.78 is 0. The summed E-state index contributed by atoms with van der Waals surface area (Å²) in [5.41, 5.74) is 7.47. The van der Waals surface area contributed by atoms with E-state index >= 15 is 0 Å². The number of aromatic nitrogens is 2. The summed E-state index contributed by atoms with van der Waals surface area (Å²) in [5.74, 6) is 0.902. The van der Waals surface area contributed by atoms with Crippen molar-refractivity contribution in [3.8, 4) is 0 Å². The second-order valence-electron chi connectivity index (χ2n) is 5.03. The van der Waals surface area contributed by atoms with Gasteiger partial charge in [-0.05, 0) is 18.6 Å². The number of hydrogen-bond acceptors (Lipinski definition) is 6. The van der Waals surface area contributed by atoms with E-state index in [1.165, 1.54) is 0 Å². The number of piperazine rings is 1. The Hall–Kier alpha value is -2.15. The van der Waals surface area contributed by atoms with Gasteiger partial charge in [0.1, 0.15) is 11.7 Å². The van der Waals surface area contributed by atoms with Crippen LogP contribution in [0, 0.1) is 12.3 Å². The molecule has 6 nitrogen and oxygen atoms in total. The number of aryl methyl sites for hydroxylation is 1. The van der Waals surface area contributed by atoms with Crippen molar-refractivity contribution in [2.45, 2.75) is 6.92 Å². The lowest BCUT2D eigenvalue weighted by atomic mass is 10.1. The number of nitrogens with one attached hydrogen (secondary N) is 1. The smallest absolute Gasteiger partial charge is 0.185 e. The van der Waals surface area contributed by atoms with E-state index in [0.717, 1.165) is 48.3 Å². The number of nitrogens with zero attached hydrogens (tertiary/aromatic N) is 4. The van der Waals surface area contributed by atoms with Crippen LogP contribution in [0.3, 0.4) is 0 Å². The van der Waals surface area contributed by atoms with Gasteiger partial charge in [0.2, 0.25) is 0 Å². The predicted molar refractivity (Wildman–Crippen MR) is 86.5 cm³/mol. The Labute approximate surface area is 127 Å². The molecule has 0 atom stereocenters. The van der Waals surface area contributed by atoms with Crippen LogP contribution in [0.1, 0.15) is 11.1 Å². The van der Waals surface area contributed by atoms with Gasteiger partial charge in [0.15, 0.2) is 5.13 Å². The number of hydrogen-bond donors (Lipinski definition) is 2. The Morgan fingerprint density at radius 1 is 1.19 bits per heavy atom. The summed E-state index contributed by atoms with van der Waals surface area (Å²) in [6, 6.07) is 1.89. The molecular weight excluding hydrogens is 284 g/mol. The van der Waals surface area contributed by atoms with E-state index < -0.39 is 0 Å². The van der Waals surface area contributed by atoms with Crippen molar-refractivity contribution in [1.29, 1.82) is 5.41 Å². The first kappa shape index (κ1) is 13.8. The summed E-state index contributed by atoms with van der Waals surface area (Å²) in [6.45, 7) is 5.49. The van der Waals surface area contributed by atoms with Crippen LogP contribution in [-0.2, 0) is 0 Å². The van der Waals surface area contributed by atoms with E-state index in [0.29, 0.717) is 0 Å². The van der Waals surface area contributed by atoms with E-state index in [4.69, 9.17) is 11.1 Å². The minimum atomic E-state index is 0.0814. The fourth-order valence-corrected chi connectivity index (χ4v) is 3.29. The zero-order chi connectivity index (χ0) is 14.8. The Kier molecular flexibility index (Phi) is 3.74.